The van der Waals surface area contributed by atoms with Gasteiger partial charge in [0.25, 0.3) is 5.91 Å². The summed E-state index contributed by atoms with van der Waals surface area (Å²) in [6, 6.07) is 12.3. The number of nitrogens with one attached hydrogen (secondary N) is 1. The second-order valence-corrected chi connectivity index (χ2v) is 7.53. The third-order valence-electron chi connectivity index (χ3n) is 5.08. The molecule has 1 aliphatic rings. The number of ether oxygens (including phenoxy) is 3. The van der Waals surface area contributed by atoms with Crippen molar-refractivity contribution in [2.24, 2.45) is 4.99 Å². The molecule has 2 heterocycles. The SMILES string of the molecule is COc1ccc(N=c2oc3c(OC)cccc3cc2C(=O)NC[C@H]2CCCO2)cc1Cl. The van der Waals surface area contributed by atoms with E-state index in [-0.39, 0.29) is 17.6 Å². The van der Waals surface area contributed by atoms with Crippen molar-refractivity contribution in [3.8, 4) is 11.5 Å². The molecule has 31 heavy (non-hydrogen) atoms. The van der Waals surface area contributed by atoms with Gasteiger partial charge in [-0.1, -0.05) is 23.7 Å². The lowest BCUT2D eigenvalue weighted by atomic mass is 10.1. The topological polar surface area (TPSA) is 82.3 Å². The van der Waals surface area contributed by atoms with E-state index >= 15 is 0 Å². The lowest BCUT2D eigenvalue weighted by Crippen LogP contribution is -2.34. The van der Waals surface area contributed by atoms with Crippen LogP contribution in [0.4, 0.5) is 5.69 Å². The zero-order valence-corrected chi connectivity index (χ0v) is 18.1. The molecule has 0 spiro atoms. The normalized spacial score (nSPS) is 16.5. The summed E-state index contributed by atoms with van der Waals surface area (Å²) in [7, 11) is 3.10. The monoisotopic (exact) mass is 442 g/mol. The quantitative estimate of drug-likeness (QED) is 0.617. The second kappa shape index (κ2) is 9.41. The number of nitrogens with zero attached hydrogens (tertiary/aromatic N) is 1. The molecule has 1 atom stereocenters. The predicted molar refractivity (Wildman–Crippen MR) is 117 cm³/mol. The maximum atomic E-state index is 13.0. The Kier molecular flexibility index (Phi) is 6.44. The van der Waals surface area contributed by atoms with Gasteiger partial charge < -0.3 is 23.9 Å². The molecule has 0 unspecified atom stereocenters. The Bertz CT molecular complexity index is 1170. The van der Waals surface area contributed by atoms with Crippen LogP contribution in [-0.2, 0) is 4.74 Å². The van der Waals surface area contributed by atoms with Gasteiger partial charge in [-0.2, -0.15) is 0 Å². The Morgan fingerprint density at radius 1 is 1.19 bits per heavy atom. The number of benzene rings is 2. The lowest BCUT2D eigenvalue weighted by molar-refractivity contribution is 0.0854. The van der Waals surface area contributed by atoms with Crippen molar-refractivity contribution in [2.45, 2.75) is 18.9 Å². The summed E-state index contributed by atoms with van der Waals surface area (Å²) in [6.45, 7) is 1.16. The number of hydrogen-bond acceptors (Lipinski definition) is 6. The van der Waals surface area contributed by atoms with Gasteiger partial charge in [0, 0.05) is 18.5 Å². The number of para-hydroxylation sites is 1. The summed E-state index contributed by atoms with van der Waals surface area (Å²) in [5.41, 5.74) is 1.49. The maximum Gasteiger partial charge on any atom is 0.256 e. The molecule has 2 aromatic carbocycles. The molecule has 162 valence electrons. The minimum Gasteiger partial charge on any atom is -0.495 e. The van der Waals surface area contributed by atoms with Crippen molar-refractivity contribution < 1.29 is 23.4 Å². The molecule has 7 nitrogen and oxygen atoms in total. The zero-order valence-electron chi connectivity index (χ0n) is 17.3. The minimum absolute atomic E-state index is 0.0298. The fourth-order valence-electron chi connectivity index (χ4n) is 3.48. The summed E-state index contributed by atoms with van der Waals surface area (Å²) < 4.78 is 22.2. The van der Waals surface area contributed by atoms with Crippen LogP contribution < -0.4 is 20.3 Å². The Labute approximate surface area is 184 Å². The van der Waals surface area contributed by atoms with Gasteiger partial charge in [0.1, 0.15) is 11.3 Å². The Hall–Kier alpha value is -3.03. The highest BCUT2D eigenvalue weighted by Crippen LogP contribution is 2.29. The number of methoxy groups -OCH3 is 2. The van der Waals surface area contributed by atoms with E-state index in [1.54, 1.807) is 44.6 Å². The van der Waals surface area contributed by atoms with Gasteiger partial charge in [0.2, 0.25) is 5.55 Å². The molecular weight excluding hydrogens is 420 g/mol. The molecule has 0 radical (unpaired) electrons. The average molecular weight is 443 g/mol. The van der Waals surface area contributed by atoms with Crippen LogP contribution in [0.5, 0.6) is 11.5 Å². The zero-order chi connectivity index (χ0) is 21.8. The van der Waals surface area contributed by atoms with Crippen molar-refractivity contribution in [3.05, 3.63) is 58.6 Å². The molecule has 0 aliphatic carbocycles. The van der Waals surface area contributed by atoms with Crippen molar-refractivity contribution in [3.63, 3.8) is 0 Å². The summed E-state index contributed by atoms with van der Waals surface area (Å²) in [5, 5.41) is 4.07. The number of hydrogen-bond donors (Lipinski definition) is 1. The molecule has 0 saturated carbocycles. The van der Waals surface area contributed by atoms with Crippen molar-refractivity contribution >= 4 is 34.2 Å². The second-order valence-electron chi connectivity index (χ2n) is 7.12. The number of amides is 1. The molecule has 1 fully saturated rings. The number of rotatable bonds is 6. The van der Waals surface area contributed by atoms with E-state index in [9.17, 15) is 4.79 Å². The summed E-state index contributed by atoms with van der Waals surface area (Å²) in [6.07, 6.45) is 1.97. The number of carbonyl (C=O) groups is 1. The van der Waals surface area contributed by atoms with Gasteiger partial charge in [-0.15, -0.1) is 0 Å². The van der Waals surface area contributed by atoms with E-state index in [0.29, 0.717) is 39.9 Å². The molecule has 4 rings (SSSR count). The molecule has 3 aromatic rings. The molecule has 1 aromatic heterocycles. The van der Waals surface area contributed by atoms with Gasteiger partial charge in [0.15, 0.2) is 11.3 Å². The predicted octanol–water partition coefficient (Wildman–Crippen LogP) is 4.24. The first-order valence-electron chi connectivity index (χ1n) is 9.98. The minimum atomic E-state index is -0.290. The van der Waals surface area contributed by atoms with Crippen LogP contribution in [0.2, 0.25) is 5.02 Å². The Morgan fingerprint density at radius 3 is 2.74 bits per heavy atom. The molecule has 1 N–H and O–H groups in total. The lowest BCUT2D eigenvalue weighted by Gasteiger charge is -2.12. The van der Waals surface area contributed by atoms with Crippen LogP contribution in [0.1, 0.15) is 23.2 Å². The first kappa shape index (κ1) is 21.2. The summed E-state index contributed by atoms with van der Waals surface area (Å²) in [4.78, 5) is 17.6. The van der Waals surface area contributed by atoms with E-state index in [1.165, 1.54) is 0 Å². The smallest absolute Gasteiger partial charge is 0.256 e. The fourth-order valence-corrected chi connectivity index (χ4v) is 3.73. The number of fused-ring (bicyclic) bond motifs is 1. The van der Waals surface area contributed by atoms with Gasteiger partial charge in [-0.3, -0.25) is 4.79 Å². The van der Waals surface area contributed by atoms with E-state index in [1.807, 2.05) is 12.1 Å². The van der Waals surface area contributed by atoms with Gasteiger partial charge in [-0.05, 0) is 43.2 Å². The number of carbonyl (C=O) groups excluding carboxylic acids is 1. The third-order valence-corrected chi connectivity index (χ3v) is 5.38. The number of halogens is 1. The standard InChI is InChI=1S/C23H23ClN2O5/c1-28-19-9-8-15(12-18(19)24)26-23-17(22(27)25-13-16-6-4-10-30-16)11-14-5-3-7-20(29-2)21(14)31-23/h3,5,7-9,11-12,16H,4,6,10,13H2,1-2H3,(H,25,27)/t16-/m1/s1. The van der Waals surface area contributed by atoms with E-state index < -0.39 is 0 Å². The van der Waals surface area contributed by atoms with Crippen molar-refractivity contribution in [1.82, 2.24) is 5.32 Å². The van der Waals surface area contributed by atoms with Gasteiger partial charge in [0.05, 0.1) is 31.0 Å². The van der Waals surface area contributed by atoms with Gasteiger partial charge >= 0.3 is 0 Å². The molecule has 1 saturated heterocycles. The highest BCUT2D eigenvalue weighted by atomic mass is 35.5. The van der Waals surface area contributed by atoms with Crippen molar-refractivity contribution in [2.75, 3.05) is 27.4 Å². The largest absolute Gasteiger partial charge is 0.495 e. The fraction of sp³-hybridized carbons (Fsp3) is 0.304. The first-order valence-corrected chi connectivity index (χ1v) is 10.4. The van der Waals surface area contributed by atoms with Crippen LogP contribution in [-0.4, -0.2) is 39.4 Å². The molecule has 1 aliphatic heterocycles. The maximum absolute atomic E-state index is 13.0. The molecule has 8 heteroatoms. The van der Waals surface area contributed by atoms with E-state index in [4.69, 9.17) is 30.2 Å². The van der Waals surface area contributed by atoms with Crippen LogP contribution in [0.25, 0.3) is 11.0 Å². The summed E-state index contributed by atoms with van der Waals surface area (Å²) >= 11 is 6.23. The Morgan fingerprint density at radius 2 is 2.03 bits per heavy atom. The summed E-state index contributed by atoms with van der Waals surface area (Å²) in [5.74, 6) is 0.794. The molecular formula is C23H23ClN2O5. The van der Waals surface area contributed by atoms with Gasteiger partial charge in [-0.25, -0.2) is 4.99 Å². The van der Waals surface area contributed by atoms with Crippen LogP contribution in [0, 0.1) is 0 Å². The van der Waals surface area contributed by atoms with Crippen molar-refractivity contribution in [1.29, 1.82) is 0 Å². The third kappa shape index (κ3) is 4.68. The highest BCUT2D eigenvalue weighted by molar-refractivity contribution is 6.32. The molecule has 0 bridgehead atoms. The van der Waals surface area contributed by atoms with Crippen LogP contribution in [0.15, 0.2) is 51.9 Å². The Balaban J connectivity index is 1.79. The van der Waals surface area contributed by atoms with E-state index in [2.05, 4.69) is 10.3 Å². The molecule has 1 amide bonds. The van der Waals surface area contributed by atoms with Crippen LogP contribution in [0.3, 0.4) is 0 Å². The average Bonchev–Trinajstić information content (AvgIpc) is 3.30. The first-order chi connectivity index (χ1) is 15.1. The van der Waals surface area contributed by atoms with Crippen LogP contribution >= 0.6 is 11.6 Å². The highest BCUT2D eigenvalue weighted by Gasteiger charge is 2.19. The van der Waals surface area contributed by atoms with E-state index in [0.717, 1.165) is 24.8 Å².